The first-order chi connectivity index (χ1) is 9.88. The van der Waals surface area contributed by atoms with Gasteiger partial charge in [-0.3, -0.25) is 0 Å². The maximum Gasteiger partial charge on any atom is 0.203 e. The molecule has 0 saturated carbocycles. The van der Waals surface area contributed by atoms with Gasteiger partial charge < -0.3 is 10.2 Å². The highest BCUT2D eigenvalue weighted by atomic mass is 16.4. The van der Waals surface area contributed by atoms with Crippen LogP contribution >= 0.6 is 0 Å². The number of nitrogens with two attached hydrogens (primary N) is 1. The highest BCUT2D eigenvalue weighted by Crippen LogP contribution is 2.27. The molecule has 3 aromatic rings. The van der Waals surface area contributed by atoms with Crippen molar-refractivity contribution < 1.29 is 4.42 Å². The van der Waals surface area contributed by atoms with Gasteiger partial charge in [-0.2, -0.15) is 0 Å². The lowest BCUT2D eigenvalue weighted by Gasteiger charge is -2.10. The summed E-state index contributed by atoms with van der Waals surface area (Å²) in [6.07, 6.45) is 1.76. The zero-order valence-corrected chi connectivity index (χ0v) is 11.1. The zero-order chi connectivity index (χ0) is 13.8. The first-order valence-corrected chi connectivity index (χ1v) is 6.64. The third-order valence-electron chi connectivity index (χ3n) is 3.32. The van der Waals surface area contributed by atoms with E-state index in [1.807, 2.05) is 60.7 Å². The van der Waals surface area contributed by atoms with Crippen LogP contribution in [-0.2, 0) is 0 Å². The van der Waals surface area contributed by atoms with Crippen molar-refractivity contribution in [3.05, 3.63) is 78.3 Å². The Kier molecular flexibility index (Phi) is 3.61. The zero-order valence-electron chi connectivity index (χ0n) is 11.1. The molecule has 0 bridgehead atoms. The second kappa shape index (κ2) is 5.72. The summed E-state index contributed by atoms with van der Waals surface area (Å²) >= 11 is 0. The summed E-state index contributed by atoms with van der Waals surface area (Å²) in [5, 5.41) is 0. The molecule has 0 amide bonds. The third kappa shape index (κ3) is 2.49. The number of oxazole rings is 1. The minimum absolute atomic E-state index is 0.00587. The Bertz CT molecular complexity index is 662. The number of aromatic nitrogens is 1. The Morgan fingerprint density at radius 2 is 1.60 bits per heavy atom. The van der Waals surface area contributed by atoms with E-state index in [9.17, 15) is 0 Å². The SMILES string of the molecule is NC[C@H](c1ccccc1)c1ncc(-c2ccccc2)o1. The molecule has 0 aliphatic heterocycles. The Morgan fingerprint density at radius 1 is 0.950 bits per heavy atom. The number of hydrogen-bond acceptors (Lipinski definition) is 3. The van der Waals surface area contributed by atoms with Crippen LogP contribution in [0, 0.1) is 0 Å². The van der Waals surface area contributed by atoms with Crippen LogP contribution in [0.3, 0.4) is 0 Å². The molecule has 0 aliphatic rings. The van der Waals surface area contributed by atoms with Crippen molar-refractivity contribution >= 4 is 0 Å². The van der Waals surface area contributed by atoms with Gasteiger partial charge in [-0.05, 0) is 5.56 Å². The molecule has 3 heteroatoms. The number of benzene rings is 2. The molecule has 1 atom stereocenters. The highest BCUT2D eigenvalue weighted by molar-refractivity contribution is 5.55. The molecule has 0 aliphatic carbocycles. The van der Waals surface area contributed by atoms with Gasteiger partial charge in [0.05, 0.1) is 12.1 Å². The molecule has 0 saturated heterocycles. The van der Waals surface area contributed by atoms with Gasteiger partial charge in [0.2, 0.25) is 5.89 Å². The van der Waals surface area contributed by atoms with E-state index < -0.39 is 0 Å². The van der Waals surface area contributed by atoms with Crippen LogP contribution in [0.15, 0.2) is 71.3 Å². The largest absolute Gasteiger partial charge is 0.440 e. The molecular weight excluding hydrogens is 248 g/mol. The van der Waals surface area contributed by atoms with Gasteiger partial charge in [0.25, 0.3) is 0 Å². The predicted molar refractivity (Wildman–Crippen MR) is 79.3 cm³/mol. The van der Waals surface area contributed by atoms with Gasteiger partial charge in [0.1, 0.15) is 0 Å². The van der Waals surface area contributed by atoms with Crippen molar-refractivity contribution in [3.8, 4) is 11.3 Å². The van der Waals surface area contributed by atoms with E-state index in [0.29, 0.717) is 12.4 Å². The first kappa shape index (κ1) is 12.6. The summed E-state index contributed by atoms with van der Waals surface area (Å²) in [6.45, 7) is 0.471. The minimum atomic E-state index is -0.00587. The summed E-state index contributed by atoms with van der Waals surface area (Å²) in [4.78, 5) is 4.39. The van der Waals surface area contributed by atoms with E-state index in [4.69, 9.17) is 10.2 Å². The van der Waals surface area contributed by atoms with Crippen LogP contribution < -0.4 is 5.73 Å². The van der Waals surface area contributed by atoms with Crippen LogP contribution in [0.4, 0.5) is 0 Å². The molecular formula is C17H16N2O. The highest BCUT2D eigenvalue weighted by Gasteiger charge is 2.18. The molecule has 100 valence electrons. The van der Waals surface area contributed by atoms with Gasteiger partial charge in [-0.1, -0.05) is 60.7 Å². The topological polar surface area (TPSA) is 52.0 Å². The van der Waals surface area contributed by atoms with E-state index >= 15 is 0 Å². The van der Waals surface area contributed by atoms with E-state index in [1.54, 1.807) is 6.20 Å². The van der Waals surface area contributed by atoms with Crippen LogP contribution in [-0.4, -0.2) is 11.5 Å². The summed E-state index contributed by atoms with van der Waals surface area (Å²) in [5.74, 6) is 1.43. The standard InChI is InChI=1S/C17H16N2O/c18-11-15(13-7-3-1-4-8-13)17-19-12-16(20-17)14-9-5-2-6-10-14/h1-10,12,15H,11,18H2/t15-/m1/s1. The molecule has 2 N–H and O–H groups in total. The number of hydrogen-bond donors (Lipinski definition) is 1. The van der Waals surface area contributed by atoms with Crippen LogP contribution in [0.25, 0.3) is 11.3 Å². The van der Waals surface area contributed by atoms with E-state index in [2.05, 4.69) is 4.98 Å². The fraction of sp³-hybridized carbons (Fsp3) is 0.118. The molecule has 0 unspecified atom stereocenters. The van der Waals surface area contributed by atoms with Crippen molar-refractivity contribution in [3.63, 3.8) is 0 Å². The summed E-state index contributed by atoms with van der Waals surface area (Å²) < 4.78 is 5.89. The van der Waals surface area contributed by atoms with E-state index in [0.717, 1.165) is 16.9 Å². The summed E-state index contributed by atoms with van der Waals surface area (Å²) in [7, 11) is 0. The maximum absolute atomic E-state index is 5.89. The number of nitrogens with zero attached hydrogens (tertiary/aromatic N) is 1. The average Bonchev–Trinajstić information content (AvgIpc) is 3.00. The minimum Gasteiger partial charge on any atom is -0.440 e. The average molecular weight is 264 g/mol. The first-order valence-electron chi connectivity index (χ1n) is 6.64. The second-order valence-electron chi connectivity index (χ2n) is 4.63. The van der Waals surface area contributed by atoms with Crippen molar-refractivity contribution in [2.24, 2.45) is 5.73 Å². The second-order valence-corrected chi connectivity index (χ2v) is 4.63. The lowest BCUT2D eigenvalue weighted by atomic mass is 9.99. The Balaban J connectivity index is 1.93. The third-order valence-corrected chi connectivity index (χ3v) is 3.32. The Labute approximate surface area is 118 Å². The maximum atomic E-state index is 5.89. The molecule has 3 nitrogen and oxygen atoms in total. The molecule has 0 spiro atoms. The van der Waals surface area contributed by atoms with Crippen LogP contribution in [0.5, 0.6) is 0 Å². The van der Waals surface area contributed by atoms with Gasteiger partial charge >= 0.3 is 0 Å². The van der Waals surface area contributed by atoms with E-state index in [1.165, 1.54) is 0 Å². The monoisotopic (exact) mass is 264 g/mol. The molecule has 1 aromatic heterocycles. The molecule has 0 radical (unpaired) electrons. The summed E-state index contributed by atoms with van der Waals surface area (Å²) in [6, 6.07) is 20.0. The van der Waals surface area contributed by atoms with Crippen molar-refractivity contribution in [2.75, 3.05) is 6.54 Å². The Morgan fingerprint density at radius 3 is 2.25 bits per heavy atom. The fourth-order valence-electron chi connectivity index (χ4n) is 2.25. The fourth-order valence-corrected chi connectivity index (χ4v) is 2.25. The Hall–Kier alpha value is -2.39. The predicted octanol–water partition coefficient (Wildman–Crippen LogP) is 3.43. The van der Waals surface area contributed by atoms with Crippen LogP contribution in [0.2, 0.25) is 0 Å². The summed E-state index contributed by atoms with van der Waals surface area (Å²) in [5.41, 5.74) is 8.03. The van der Waals surface area contributed by atoms with Gasteiger partial charge in [0, 0.05) is 12.1 Å². The quantitative estimate of drug-likeness (QED) is 0.785. The van der Waals surface area contributed by atoms with Gasteiger partial charge in [-0.25, -0.2) is 4.98 Å². The van der Waals surface area contributed by atoms with Crippen molar-refractivity contribution in [1.82, 2.24) is 4.98 Å². The lowest BCUT2D eigenvalue weighted by Crippen LogP contribution is -2.13. The molecule has 2 aromatic carbocycles. The van der Waals surface area contributed by atoms with E-state index in [-0.39, 0.29) is 5.92 Å². The molecule has 3 rings (SSSR count). The lowest BCUT2D eigenvalue weighted by molar-refractivity contribution is 0.482. The molecule has 0 fully saturated rings. The van der Waals surface area contributed by atoms with Crippen LogP contribution in [0.1, 0.15) is 17.4 Å². The molecule has 1 heterocycles. The normalized spacial score (nSPS) is 12.2. The smallest absolute Gasteiger partial charge is 0.203 e. The van der Waals surface area contributed by atoms with Crippen molar-refractivity contribution in [2.45, 2.75) is 5.92 Å². The van der Waals surface area contributed by atoms with Gasteiger partial charge in [-0.15, -0.1) is 0 Å². The molecule has 20 heavy (non-hydrogen) atoms. The number of rotatable bonds is 4. The van der Waals surface area contributed by atoms with Gasteiger partial charge in [0.15, 0.2) is 5.76 Å². The van der Waals surface area contributed by atoms with Crippen molar-refractivity contribution in [1.29, 1.82) is 0 Å².